The molecule has 0 spiro atoms. The zero-order chi connectivity index (χ0) is 15.5. The zero-order valence-electron chi connectivity index (χ0n) is 12.8. The number of nitrogens with zero attached hydrogens (tertiary/aromatic N) is 2. The van der Waals surface area contributed by atoms with Crippen molar-refractivity contribution >= 4 is 27.9 Å². The normalized spacial score (nSPS) is 12.9. The summed E-state index contributed by atoms with van der Waals surface area (Å²) in [5, 5.41) is 6.40. The minimum atomic E-state index is 0.444. The van der Waals surface area contributed by atoms with E-state index in [9.17, 15) is 0 Å². The number of hydrogen-bond acceptors (Lipinski definition) is 3. The van der Waals surface area contributed by atoms with E-state index < -0.39 is 0 Å². The molecule has 0 amide bonds. The second kappa shape index (κ2) is 6.82. The SMILES string of the molecule is CCCNC(C)Cc1cn2c(-c3cccc(Cl)c3)csc2n1. The maximum Gasteiger partial charge on any atom is 0.194 e. The van der Waals surface area contributed by atoms with Crippen molar-refractivity contribution in [2.75, 3.05) is 6.54 Å². The van der Waals surface area contributed by atoms with Gasteiger partial charge >= 0.3 is 0 Å². The summed E-state index contributed by atoms with van der Waals surface area (Å²) < 4.78 is 2.16. The van der Waals surface area contributed by atoms with E-state index in [1.165, 1.54) is 0 Å². The number of imidazole rings is 1. The summed E-state index contributed by atoms with van der Waals surface area (Å²) in [6.45, 7) is 5.45. The van der Waals surface area contributed by atoms with Gasteiger partial charge in [0.1, 0.15) is 0 Å². The van der Waals surface area contributed by atoms with Crippen molar-refractivity contribution < 1.29 is 0 Å². The molecule has 2 aromatic heterocycles. The van der Waals surface area contributed by atoms with Gasteiger partial charge in [0.05, 0.1) is 11.4 Å². The number of benzene rings is 1. The lowest BCUT2D eigenvalue weighted by atomic mass is 10.2. The van der Waals surface area contributed by atoms with Crippen molar-refractivity contribution in [3.63, 3.8) is 0 Å². The second-order valence-corrected chi connectivity index (χ2v) is 6.85. The molecule has 3 nitrogen and oxygen atoms in total. The Hall–Kier alpha value is -1.36. The summed E-state index contributed by atoms with van der Waals surface area (Å²) in [6.07, 6.45) is 4.25. The fraction of sp³-hybridized carbons (Fsp3) is 0.353. The number of halogens is 1. The highest BCUT2D eigenvalue weighted by Gasteiger charge is 2.12. The van der Waals surface area contributed by atoms with Gasteiger partial charge in [0.25, 0.3) is 0 Å². The average Bonchev–Trinajstić information content (AvgIpc) is 3.04. The predicted molar refractivity (Wildman–Crippen MR) is 95.0 cm³/mol. The van der Waals surface area contributed by atoms with Crippen LogP contribution < -0.4 is 5.32 Å². The minimum absolute atomic E-state index is 0.444. The van der Waals surface area contributed by atoms with Gasteiger partial charge in [-0.05, 0) is 32.0 Å². The zero-order valence-corrected chi connectivity index (χ0v) is 14.4. The first-order valence-electron chi connectivity index (χ1n) is 7.62. The van der Waals surface area contributed by atoms with Crippen LogP contribution in [0.25, 0.3) is 16.2 Å². The third kappa shape index (κ3) is 3.35. The molecule has 0 saturated carbocycles. The van der Waals surface area contributed by atoms with Crippen molar-refractivity contribution in [1.82, 2.24) is 14.7 Å². The molecule has 116 valence electrons. The van der Waals surface area contributed by atoms with Crippen LogP contribution in [0.2, 0.25) is 5.02 Å². The van der Waals surface area contributed by atoms with Crippen LogP contribution in [-0.2, 0) is 6.42 Å². The molecule has 5 heteroatoms. The van der Waals surface area contributed by atoms with E-state index in [1.807, 2.05) is 18.2 Å². The van der Waals surface area contributed by atoms with E-state index >= 15 is 0 Å². The van der Waals surface area contributed by atoms with Crippen LogP contribution >= 0.6 is 22.9 Å². The van der Waals surface area contributed by atoms with Gasteiger partial charge in [-0.25, -0.2) is 4.98 Å². The van der Waals surface area contributed by atoms with Crippen LogP contribution in [0.1, 0.15) is 26.0 Å². The van der Waals surface area contributed by atoms with Crippen molar-refractivity contribution in [3.05, 3.63) is 46.6 Å². The van der Waals surface area contributed by atoms with Crippen LogP contribution in [0.5, 0.6) is 0 Å². The van der Waals surface area contributed by atoms with E-state index in [2.05, 4.69) is 41.2 Å². The number of nitrogens with one attached hydrogen (secondary N) is 1. The standard InChI is InChI=1S/C17H20ClN3S/c1-3-7-19-12(2)8-15-10-21-16(11-22-17(21)20-15)13-5-4-6-14(18)9-13/h4-6,9-12,19H,3,7-8H2,1-2H3. The monoisotopic (exact) mass is 333 g/mol. The highest BCUT2D eigenvalue weighted by atomic mass is 35.5. The highest BCUT2D eigenvalue weighted by molar-refractivity contribution is 7.15. The minimum Gasteiger partial charge on any atom is -0.314 e. The largest absolute Gasteiger partial charge is 0.314 e. The van der Waals surface area contributed by atoms with Crippen LogP contribution in [0, 0.1) is 0 Å². The van der Waals surface area contributed by atoms with Gasteiger partial charge in [-0.2, -0.15) is 0 Å². The van der Waals surface area contributed by atoms with E-state index in [0.29, 0.717) is 6.04 Å². The molecular formula is C17H20ClN3S. The Bertz CT molecular complexity index is 762. The number of rotatable bonds is 6. The molecule has 0 radical (unpaired) electrons. The maximum absolute atomic E-state index is 6.11. The molecule has 0 fully saturated rings. The molecule has 2 heterocycles. The first-order chi connectivity index (χ1) is 10.7. The lowest BCUT2D eigenvalue weighted by molar-refractivity contribution is 0.540. The molecule has 0 aliphatic carbocycles. The Morgan fingerprint density at radius 2 is 2.27 bits per heavy atom. The van der Waals surface area contributed by atoms with Crippen molar-refractivity contribution in [2.24, 2.45) is 0 Å². The number of aromatic nitrogens is 2. The van der Waals surface area contributed by atoms with Gasteiger partial charge < -0.3 is 5.32 Å². The highest BCUT2D eigenvalue weighted by Crippen LogP contribution is 2.28. The first kappa shape index (κ1) is 15.5. The smallest absolute Gasteiger partial charge is 0.194 e. The summed E-state index contributed by atoms with van der Waals surface area (Å²) in [7, 11) is 0. The fourth-order valence-electron chi connectivity index (χ4n) is 2.56. The van der Waals surface area contributed by atoms with E-state index in [0.717, 1.165) is 46.3 Å². The third-order valence-corrected chi connectivity index (χ3v) is 4.71. The van der Waals surface area contributed by atoms with Crippen molar-refractivity contribution in [1.29, 1.82) is 0 Å². The summed E-state index contributed by atoms with van der Waals surface area (Å²) in [5.41, 5.74) is 3.40. The Labute approximate surface area is 140 Å². The molecule has 1 aromatic carbocycles. The van der Waals surface area contributed by atoms with Crippen molar-refractivity contribution in [3.8, 4) is 11.3 Å². The number of thiazole rings is 1. The quantitative estimate of drug-likeness (QED) is 0.711. The van der Waals surface area contributed by atoms with Gasteiger partial charge in [0, 0.05) is 34.6 Å². The molecule has 1 atom stereocenters. The Morgan fingerprint density at radius 3 is 3.05 bits per heavy atom. The van der Waals surface area contributed by atoms with E-state index in [1.54, 1.807) is 11.3 Å². The molecule has 0 bridgehead atoms. The molecule has 1 N–H and O–H groups in total. The molecular weight excluding hydrogens is 314 g/mol. The number of hydrogen-bond donors (Lipinski definition) is 1. The summed E-state index contributed by atoms with van der Waals surface area (Å²) in [4.78, 5) is 5.77. The molecule has 22 heavy (non-hydrogen) atoms. The molecule has 0 saturated heterocycles. The Kier molecular flexibility index (Phi) is 4.81. The van der Waals surface area contributed by atoms with Gasteiger partial charge in [0.15, 0.2) is 4.96 Å². The Balaban J connectivity index is 1.85. The fourth-order valence-corrected chi connectivity index (χ4v) is 3.65. The lowest BCUT2D eigenvalue weighted by Crippen LogP contribution is -2.28. The summed E-state index contributed by atoms with van der Waals surface area (Å²) in [6, 6.07) is 8.40. The van der Waals surface area contributed by atoms with Gasteiger partial charge in [-0.15, -0.1) is 11.3 Å². The maximum atomic E-state index is 6.11. The second-order valence-electron chi connectivity index (χ2n) is 5.58. The van der Waals surface area contributed by atoms with Gasteiger partial charge in [-0.3, -0.25) is 4.40 Å². The summed E-state index contributed by atoms with van der Waals surface area (Å²) in [5.74, 6) is 0. The molecule has 3 rings (SSSR count). The van der Waals surface area contributed by atoms with Gasteiger partial charge in [-0.1, -0.05) is 30.7 Å². The van der Waals surface area contributed by atoms with Crippen LogP contribution in [0.15, 0.2) is 35.8 Å². The lowest BCUT2D eigenvalue weighted by Gasteiger charge is -2.10. The average molecular weight is 334 g/mol. The molecule has 3 aromatic rings. The first-order valence-corrected chi connectivity index (χ1v) is 8.88. The Morgan fingerprint density at radius 1 is 1.41 bits per heavy atom. The van der Waals surface area contributed by atoms with Crippen LogP contribution in [-0.4, -0.2) is 22.0 Å². The molecule has 0 aliphatic heterocycles. The topological polar surface area (TPSA) is 29.3 Å². The van der Waals surface area contributed by atoms with Crippen LogP contribution in [0.3, 0.4) is 0 Å². The molecule has 1 unspecified atom stereocenters. The van der Waals surface area contributed by atoms with Crippen LogP contribution in [0.4, 0.5) is 0 Å². The summed E-state index contributed by atoms with van der Waals surface area (Å²) >= 11 is 7.77. The van der Waals surface area contributed by atoms with Gasteiger partial charge in [0.2, 0.25) is 0 Å². The van der Waals surface area contributed by atoms with E-state index in [4.69, 9.17) is 16.6 Å². The predicted octanol–water partition coefficient (Wildman–Crippen LogP) is 4.65. The van der Waals surface area contributed by atoms with E-state index in [-0.39, 0.29) is 0 Å². The molecule has 0 aliphatic rings. The van der Waals surface area contributed by atoms with Crippen molar-refractivity contribution in [2.45, 2.75) is 32.7 Å². The third-order valence-electron chi connectivity index (χ3n) is 3.64. The number of fused-ring (bicyclic) bond motifs is 1.